The summed E-state index contributed by atoms with van der Waals surface area (Å²) in [4.78, 5) is 12.0. The summed E-state index contributed by atoms with van der Waals surface area (Å²) in [6.07, 6.45) is 1.42. The molecule has 2 N–H and O–H groups in total. The van der Waals surface area contributed by atoms with Crippen LogP contribution >= 0.6 is 11.6 Å². The second kappa shape index (κ2) is 11.5. The van der Waals surface area contributed by atoms with Crippen LogP contribution in [0.5, 0.6) is 11.5 Å². The third-order valence-corrected chi connectivity index (χ3v) is 6.06. The third kappa shape index (κ3) is 7.31. The smallest absolute Gasteiger partial charge is 0.255 e. The van der Waals surface area contributed by atoms with Crippen molar-refractivity contribution in [1.82, 2.24) is 10.1 Å². The van der Waals surface area contributed by atoms with Crippen molar-refractivity contribution in [3.63, 3.8) is 0 Å². The van der Waals surface area contributed by atoms with Gasteiger partial charge in [-0.25, -0.2) is 18.6 Å². The van der Waals surface area contributed by atoms with Gasteiger partial charge in [-0.1, -0.05) is 35.9 Å². The number of sulfonamides is 1. The Bertz CT molecular complexity index is 1230. The molecule has 0 aromatic heterocycles. The van der Waals surface area contributed by atoms with E-state index >= 15 is 0 Å². The van der Waals surface area contributed by atoms with Gasteiger partial charge in [0.25, 0.3) is 5.91 Å². The molecule has 0 heterocycles. The molecular weight excluding hydrogens is 466 g/mol. The Balaban J connectivity index is 1.54. The summed E-state index contributed by atoms with van der Waals surface area (Å²) < 4.78 is 37.7. The van der Waals surface area contributed by atoms with E-state index in [2.05, 4.69) is 15.2 Å². The molecule has 0 unspecified atom stereocenters. The number of nitrogens with one attached hydrogen (secondary N) is 2. The van der Waals surface area contributed by atoms with Crippen molar-refractivity contribution in [2.75, 3.05) is 13.7 Å². The second-order valence-corrected chi connectivity index (χ2v) is 8.95. The first kappa shape index (κ1) is 24.2. The Hall–Kier alpha value is -3.40. The molecule has 0 bridgehead atoms. The zero-order valence-corrected chi connectivity index (χ0v) is 19.3. The van der Waals surface area contributed by atoms with Crippen molar-refractivity contribution in [3.05, 3.63) is 88.9 Å². The van der Waals surface area contributed by atoms with Gasteiger partial charge in [-0.2, -0.15) is 5.10 Å². The molecule has 3 rings (SSSR count). The van der Waals surface area contributed by atoms with Crippen LogP contribution < -0.4 is 19.6 Å². The fourth-order valence-electron chi connectivity index (χ4n) is 2.71. The Kier molecular flexibility index (Phi) is 8.42. The number of halogens is 1. The Morgan fingerprint density at radius 1 is 1.06 bits per heavy atom. The first-order valence-electron chi connectivity index (χ1n) is 9.79. The van der Waals surface area contributed by atoms with E-state index in [0.717, 1.165) is 11.3 Å². The zero-order valence-electron chi connectivity index (χ0n) is 17.7. The zero-order chi connectivity index (χ0) is 23.7. The number of carbonyl (C=O) groups is 1. The molecule has 0 aliphatic rings. The van der Waals surface area contributed by atoms with E-state index in [-0.39, 0.29) is 4.90 Å². The van der Waals surface area contributed by atoms with Crippen LogP contribution in [0.25, 0.3) is 0 Å². The fraction of sp³-hybridized carbons (Fsp3) is 0.130. The number of amides is 1. The molecule has 172 valence electrons. The number of hydrogen-bond donors (Lipinski definition) is 2. The van der Waals surface area contributed by atoms with Gasteiger partial charge in [0.2, 0.25) is 10.0 Å². The van der Waals surface area contributed by atoms with Gasteiger partial charge in [-0.05, 0) is 54.1 Å². The van der Waals surface area contributed by atoms with E-state index in [1.165, 1.54) is 30.5 Å². The lowest BCUT2D eigenvalue weighted by atomic mass is 10.2. The quantitative estimate of drug-likeness (QED) is 0.337. The molecule has 0 fully saturated rings. The van der Waals surface area contributed by atoms with Gasteiger partial charge < -0.3 is 9.47 Å². The van der Waals surface area contributed by atoms with Crippen molar-refractivity contribution in [3.8, 4) is 11.5 Å². The number of rotatable bonds is 10. The van der Waals surface area contributed by atoms with Crippen LogP contribution in [0.15, 0.2) is 82.8 Å². The highest BCUT2D eigenvalue weighted by Crippen LogP contribution is 2.19. The largest absolute Gasteiger partial charge is 0.497 e. The number of hydrazone groups is 1. The van der Waals surface area contributed by atoms with E-state index in [1.807, 2.05) is 36.4 Å². The van der Waals surface area contributed by atoms with Crippen LogP contribution in [0, 0.1) is 0 Å². The minimum absolute atomic E-state index is 0.00492. The number of methoxy groups -OCH3 is 1. The van der Waals surface area contributed by atoms with Crippen LogP contribution in [-0.2, 0) is 21.4 Å². The predicted octanol–water partition coefficient (Wildman–Crippen LogP) is 3.36. The molecule has 0 saturated heterocycles. The van der Waals surface area contributed by atoms with Crippen molar-refractivity contribution in [2.24, 2.45) is 5.10 Å². The monoisotopic (exact) mass is 487 g/mol. The van der Waals surface area contributed by atoms with Gasteiger partial charge in [0.05, 0.1) is 24.8 Å². The normalized spacial score (nSPS) is 11.3. The van der Waals surface area contributed by atoms with Crippen LogP contribution in [0.2, 0.25) is 5.02 Å². The van der Waals surface area contributed by atoms with Gasteiger partial charge in [0.15, 0.2) is 0 Å². The third-order valence-electron chi connectivity index (χ3n) is 4.39. The summed E-state index contributed by atoms with van der Waals surface area (Å²) in [6.45, 7) is -0.156. The molecule has 0 aliphatic heterocycles. The van der Waals surface area contributed by atoms with Crippen LogP contribution in [0.1, 0.15) is 11.1 Å². The highest BCUT2D eigenvalue weighted by molar-refractivity contribution is 7.89. The number of nitrogens with zero attached hydrogens (tertiary/aromatic N) is 1. The lowest BCUT2D eigenvalue weighted by Crippen LogP contribution is -2.34. The SMILES string of the molecule is COc1cccc(COc2ccccc2C=NNC(=O)CNS(=O)(=O)c2ccc(Cl)cc2)c1. The summed E-state index contributed by atoms with van der Waals surface area (Å²) in [7, 11) is -2.25. The molecule has 8 nitrogen and oxygen atoms in total. The number of carbonyl (C=O) groups excluding carboxylic acids is 1. The summed E-state index contributed by atoms with van der Waals surface area (Å²) in [5.74, 6) is 0.681. The van der Waals surface area contributed by atoms with Crippen LogP contribution in [0.3, 0.4) is 0 Å². The van der Waals surface area contributed by atoms with E-state index < -0.39 is 22.5 Å². The second-order valence-electron chi connectivity index (χ2n) is 6.75. The lowest BCUT2D eigenvalue weighted by Gasteiger charge is -2.10. The summed E-state index contributed by atoms with van der Waals surface area (Å²) in [5, 5.41) is 4.30. The van der Waals surface area contributed by atoms with Crippen molar-refractivity contribution < 1.29 is 22.7 Å². The van der Waals surface area contributed by atoms with Crippen LogP contribution in [-0.4, -0.2) is 34.2 Å². The van der Waals surface area contributed by atoms with E-state index in [9.17, 15) is 13.2 Å². The first-order chi connectivity index (χ1) is 15.9. The van der Waals surface area contributed by atoms with E-state index in [0.29, 0.717) is 22.9 Å². The molecule has 3 aromatic carbocycles. The minimum atomic E-state index is -3.85. The summed E-state index contributed by atoms with van der Waals surface area (Å²) in [5.41, 5.74) is 3.86. The molecule has 0 spiro atoms. The Labute approximate surface area is 197 Å². The predicted molar refractivity (Wildman–Crippen MR) is 126 cm³/mol. The fourth-order valence-corrected chi connectivity index (χ4v) is 3.82. The van der Waals surface area contributed by atoms with Crippen LogP contribution in [0.4, 0.5) is 0 Å². The molecule has 0 atom stereocenters. The minimum Gasteiger partial charge on any atom is -0.497 e. The standard InChI is InChI=1S/C23H22ClN3O5S/c1-31-20-7-4-5-17(13-20)16-32-22-8-3-2-6-18(22)14-25-27-23(28)15-26-33(29,30)21-11-9-19(24)10-12-21/h2-14,26H,15-16H2,1H3,(H,27,28). The molecule has 0 saturated carbocycles. The maximum Gasteiger partial charge on any atom is 0.255 e. The lowest BCUT2D eigenvalue weighted by molar-refractivity contribution is -0.119. The molecule has 10 heteroatoms. The average Bonchev–Trinajstić information content (AvgIpc) is 2.82. The van der Waals surface area contributed by atoms with E-state index in [1.54, 1.807) is 19.2 Å². The summed E-state index contributed by atoms with van der Waals surface area (Å²) in [6, 6.07) is 20.3. The number of ether oxygens (including phenoxy) is 2. The molecular formula is C23H22ClN3O5S. The number of hydrogen-bond acceptors (Lipinski definition) is 6. The van der Waals surface area contributed by atoms with Gasteiger partial charge in [-0.3, -0.25) is 4.79 Å². The number of para-hydroxylation sites is 1. The first-order valence-corrected chi connectivity index (χ1v) is 11.7. The van der Waals surface area contributed by atoms with Gasteiger partial charge in [0, 0.05) is 10.6 Å². The number of benzene rings is 3. The maximum absolute atomic E-state index is 12.2. The van der Waals surface area contributed by atoms with Crippen molar-refractivity contribution >= 4 is 33.7 Å². The molecule has 0 radical (unpaired) electrons. The average molecular weight is 488 g/mol. The molecule has 3 aromatic rings. The van der Waals surface area contributed by atoms with Crippen molar-refractivity contribution in [1.29, 1.82) is 0 Å². The molecule has 0 aliphatic carbocycles. The highest BCUT2D eigenvalue weighted by Gasteiger charge is 2.15. The molecule has 33 heavy (non-hydrogen) atoms. The summed E-state index contributed by atoms with van der Waals surface area (Å²) >= 11 is 5.76. The Morgan fingerprint density at radius 3 is 2.58 bits per heavy atom. The topological polar surface area (TPSA) is 106 Å². The molecule has 1 amide bonds. The van der Waals surface area contributed by atoms with Gasteiger partial charge >= 0.3 is 0 Å². The van der Waals surface area contributed by atoms with Gasteiger partial charge in [0.1, 0.15) is 18.1 Å². The Morgan fingerprint density at radius 2 is 1.82 bits per heavy atom. The highest BCUT2D eigenvalue weighted by atomic mass is 35.5. The maximum atomic E-state index is 12.2. The van der Waals surface area contributed by atoms with Crippen molar-refractivity contribution in [2.45, 2.75) is 11.5 Å². The van der Waals surface area contributed by atoms with Gasteiger partial charge in [-0.15, -0.1) is 0 Å². The van der Waals surface area contributed by atoms with E-state index in [4.69, 9.17) is 21.1 Å².